The van der Waals surface area contributed by atoms with Crippen LogP contribution in [0.1, 0.15) is 27.2 Å². The van der Waals surface area contributed by atoms with E-state index in [4.69, 9.17) is 28.0 Å². The number of nitro groups is 1. The Kier molecular flexibility index (Phi) is 6.90. The molecule has 4 rings (SSSR count). The summed E-state index contributed by atoms with van der Waals surface area (Å²) >= 11 is 11.8. The third kappa shape index (κ3) is 4.99. The molecule has 2 aromatic carbocycles. The molecular formula is C23H15Cl2F3N4O4. The summed E-state index contributed by atoms with van der Waals surface area (Å²) in [5, 5.41) is 14.1. The Morgan fingerprint density at radius 1 is 1.14 bits per heavy atom. The average molecular weight is 539 g/mol. The predicted octanol–water partition coefficient (Wildman–Crippen LogP) is 5.56. The van der Waals surface area contributed by atoms with E-state index >= 15 is 0 Å². The lowest BCUT2D eigenvalue weighted by atomic mass is 9.91. The van der Waals surface area contributed by atoms with Gasteiger partial charge in [-0.3, -0.25) is 30.2 Å². The molecular weight excluding hydrogens is 524 g/mol. The molecule has 3 aromatic rings. The van der Waals surface area contributed by atoms with Gasteiger partial charge in [0.2, 0.25) is 5.60 Å². The first-order chi connectivity index (χ1) is 17.0. The van der Waals surface area contributed by atoms with Gasteiger partial charge >= 0.3 is 6.18 Å². The monoisotopic (exact) mass is 538 g/mol. The highest BCUT2D eigenvalue weighted by atomic mass is 35.5. The van der Waals surface area contributed by atoms with Gasteiger partial charge in [0.25, 0.3) is 11.6 Å². The van der Waals surface area contributed by atoms with E-state index in [9.17, 15) is 28.1 Å². The summed E-state index contributed by atoms with van der Waals surface area (Å²) in [6, 6.07) is 11.8. The number of hydroxylamine groups is 1. The molecule has 0 radical (unpaired) electrons. The number of carbonyl (C=O) groups excluding carboxylic acids is 1. The van der Waals surface area contributed by atoms with Crippen molar-refractivity contribution < 1.29 is 27.7 Å². The summed E-state index contributed by atoms with van der Waals surface area (Å²) in [5.74, 6) is -0.748. The van der Waals surface area contributed by atoms with Crippen LogP contribution < -0.4 is 10.8 Å². The number of pyridine rings is 1. The van der Waals surface area contributed by atoms with Gasteiger partial charge in [0.1, 0.15) is 5.56 Å². The number of nitrogens with one attached hydrogen (secondary N) is 2. The van der Waals surface area contributed by atoms with E-state index in [1.807, 2.05) is 0 Å². The number of halogens is 5. The molecule has 0 saturated carbocycles. The average Bonchev–Trinajstić information content (AvgIpc) is 3.29. The Morgan fingerprint density at radius 3 is 2.47 bits per heavy atom. The third-order valence-corrected chi connectivity index (χ3v) is 5.72. The normalized spacial score (nSPS) is 17.3. The van der Waals surface area contributed by atoms with Crippen molar-refractivity contribution in [2.75, 3.05) is 0 Å². The van der Waals surface area contributed by atoms with Crippen LogP contribution in [0.4, 0.5) is 18.9 Å². The van der Waals surface area contributed by atoms with Crippen molar-refractivity contribution in [3.8, 4) is 0 Å². The number of nitrogens with zero attached hydrogens (tertiary/aromatic N) is 2. The van der Waals surface area contributed by atoms with Crippen LogP contribution in [0.5, 0.6) is 0 Å². The van der Waals surface area contributed by atoms with Crippen molar-refractivity contribution in [3.05, 3.63) is 109 Å². The number of rotatable bonds is 6. The van der Waals surface area contributed by atoms with Crippen LogP contribution in [0.2, 0.25) is 10.0 Å². The first-order valence-corrected chi connectivity index (χ1v) is 10.9. The van der Waals surface area contributed by atoms with E-state index in [0.29, 0.717) is 5.69 Å². The molecule has 1 unspecified atom stereocenters. The lowest BCUT2D eigenvalue weighted by molar-refractivity contribution is -0.385. The molecule has 0 aliphatic carbocycles. The number of benzene rings is 2. The molecule has 2 heterocycles. The van der Waals surface area contributed by atoms with E-state index < -0.39 is 33.9 Å². The van der Waals surface area contributed by atoms with E-state index in [1.165, 1.54) is 18.3 Å². The second-order valence-electron chi connectivity index (χ2n) is 7.65. The van der Waals surface area contributed by atoms with Crippen molar-refractivity contribution >= 4 is 40.5 Å². The first kappa shape index (κ1) is 25.4. The van der Waals surface area contributed by atoms with Gasteiger partial charge in [-0.05, 0) is 42.5 Å². The van der Waals surface area contributed by atoms with Gasteiger partial charge in [-0.25, -0.2) is 0 Å². The van der Waals surface area contributed by atoms with Crippen LogP contribution in [-0.4, -0.2) is 22.0 Å². The van der Waals surface area contributed by atoms with E-state index in [2.05, 4.69) is 15.8 Å². The fourth-order valence-corrected chi connectivity index (χ4v) is 4.09. The standard InChI is InChI=1S/C23H15Cl2F3N4O4/c24-15-8-14(9-16(25)10-15)22(23(26,27)28)11-19(31-36-22)13-4-5-18(20(7-13)32(34)35)21(33)30-12-17-3-1-2-6-29-17/h1-11,31H,12H2,(H,30,33). The highest BCUT2D eigenvalue weighted by Gasteiger charge is 2.59. The van der Waals surface area contributed by atoms with Crippen LogP contribution in [0.25, 0.3) is 5.70 Å². The molecule has 1 atom stereocenters. The number of hydrogen-bond donors (Lipinski definition) is 2. The Morgan fingerprint density at radius 2 is 1.86 bits per heavy atom. The molecule has 13 heteroatoms. The van der Waals surface area contributed by atoms with Gasteiger partial charge in [0, 0.05) is 33.4 Å². The minimum atomic E-state index is -4.95. The smallest absolute Gasteiger partial charge is 0.346 e. The summed E-state index contributed by atoms with van der Waals surface area (Å²) in [4.78, 5) is 32.5. The van der Waals surface area contributed by atoms with Crippen molar-refractivity contribution in [2.45, 2.75) is 18.3 Å². The number of nitro benzene ring substituents is 1. The molecule has 1 aromatic heterocycles. The number of aromatic nitrogens is 1. The van der Waals surface area contributed by atoms with Crippen molar-refractivity contribution in [3.63, 3.8) is 0 Å². The molecule has 8 nitrogen and oxygen atoms in total. The summed E-state index contributed by atoms with van der Waals surface area (Å²) in [7, 11) is 0. The van der Waals surface area contributed by atoms with Gasteiger partial charge in [-0.2, -0.15) is 13.2 Å². The fraction of sp³-hybridized carbons (Fsp3) is 0.130. The second-order valence-corrected chi connectivity index (χ2v) is 8.52. The van der Waals surface area contributed by atoms with Crippen molar-refractivity contribution in [2.24, 2.45) is 0 Å². The summed E-state index contributed by atoms with van der Waals surface area (Å²) < 4.78 is 42.6. The zero-order valence-electron chi connectivity index (χ0n) is 18.0. The Bertz CT molecular complexity index is 1350. The van der Waals surface area contributed by atoms with E-state index in [-0.39, 0.29) is 33.4 Å². The largest absolute Gasteiger partial charge is 0.428 e. The zero-order chi connectivity index (χ0) is 26.1. The van der Waals surface area contributed by atoms with Gasteiger partial charge < -0.3 is 5.32 Å². The molecule has 0 bridgehead atoms. The molecule has 1 aliphatic heterocycles. The van der Waals surface area contributed by atoms with Crippen LogP contribution >= 0.6 is 23.2 Å². The van der Waals surface area contributed by atoms with Gasteiger partial charge in [-0.1, -0.05) is 35.3 Å². The summed E-state index contributed by atoms with van der Waals surface area (Å²) in [5.41, 5.74) is -1.73. The zero-order valence-corrected chi connectivity index (χ0v) is 19.5. The Balaban J connectivity index is 1.69. The van der Waals surface area contributed by atoms with E-state index in [1.54, 1.807) is 18.2 Å². The predicted molar refractivity (Wildman–Crippen MR) is 125 cm³/mol. The minimum absolute atomic E-state index is 0.0118. The molecule has 1 amide bonds. The number of alkyl halides is 3. The topological polar surface area (TPSA) is 106 Å². The number of amides is 1. The van der Waals surface area contributed by atoms with Crippen LogP contribution in [0, 0.1) is 10.1 Å². The molecule has 2 N–H and O–H groups in total. The lowest BCUT2D eigenvalue weighted by Crippen LogP contribution is -2.42. The van der Waals surface area contributed by atoms with E-state index in [0.717, 1.165) is 30.3 Å². The third-order valence-electron chi connectivity index (χ3n) is 5.29. The molecule has 36 heavy (non-hydrogen) atoms. The minimum Gasteiger partial charge on any atom is -0.346 e. The quantitative estimate of drug-likeness (QED) is 0.314. The van der Waals surface area contributed by atoms with Crippen LogP contribution in [0.15, 0.2) is 66.9 Å². The van der Waals surface area contributed by atoms with Gasteiger partial charge in [0.05, 0.1) is 22.9 Å². The fourth-order valence-electron chi connectivity index (χ4n) is 3.56. The maximum Gasteiger partial charge on any atom is 0.428 e. The maximum atomic E-state index is 14.2. The van der Waals surface area contributed by atoms with Gasteiger partial charge in [0.15, 0.2) is 0 Å². The van der Waals surface area contributed by atoms with Crippen LogP contribution in [0.3, 0.4) is 0 Å². The molecule has 186 valence electrons. The Labute approximate surface area is 211 Å². The summed E-state index contributed by atoms with van der Waals surface area (Å²) in [6.07, 6.45) is -2.69. The SMILES string of the molecule is O=C(NCc1ccccn1)c1ccc(C2=CC(c3cc(Cl)cc(Cl)c3)(C(F)(F)F)ON2)cc1[N+](=O)[O-]. The molecule has 0 saturated heterocycles. The molecule has 1 aliphatic rings. The van der Waals surface area contributed by atoms with Crippen molar-refractivity contribution in [1.29, 1.82) is 0 Å². The van der Waals surface area contributed by atoms with Crippen molar-refractivity contribution in [1.82, 2.24) is 15.8 Å². The summed E-state index contributed by atoms with van der Waals surface area (Å²) in [6.45, 7) is 0.0232. The number of carbonyl (C=O) groups is 1. The maximum absolute atomic E-state index is 14.2. The lowest BCUT2D eigenvalue weighted by Gasteiger charge is -2.28. The van der Waals surface area contributed by atoms with Gasteiger partial charge in [-0.15, -0.1) is 0 Å². The Hall–Kier alpha value is -3.67. The molecule has 0 spiro atoms. The first-order valence-electron chi connectivity index (χ1n) is 10.2. The highest BCUT2D eigenvalue weighted by molar-refractivity contribution is 6.34. The van der Waals surface area contributed by atoms with Crippen LogP contribution in [-0.2, 0) is 17.0 Å². The second kappa shape index (κ2) is 9.76. The number of hydrogen-bond acceptors (Lipinski definition) is 6. The highest BCUT2D eigenvalue weighted by Crippen LogP contribution is 2.48. The molecule has 0 fully saturated rings.